The average molecular weight is 355 g/mol. The highest BCUT2D eigenvalue weighted by atomic mass is 35.5. The molecule has 0 fully saturated rings. The molecule has 1 heterocycles. The van der Waals surface area contributed by atoms with Gasteiger partial charge in [-0.25, -0.2) is 4.98 Å². The first-order chi connectivity index (χ1) is 12.0. The zero-order valence-electron chi connectivity index (χ0n) is 13.4. The number of nitrogens with zero attached hydrogens (tertiary/aromatic N) is 2. The Morgan fingerprint density at radius 2 is 1.88 bits per heavy atom. The zero-order chi connectivity index (χ0) is 17.8. The van der Waals surface area contributed by atoms with Crippen molar-refractivity contribution in [1.82, 2.24) is 15.3 Å². The van der Waals surface area contributed by atoms with Crippen LogP contribution >= 0.6 is 11.6 Å². The average Bonchev–Trinajstić information content (AvgIpc) is 2.61. The molecular weight excluding hydrogens is 340 g/mol. The number of rotatable bonds is 4. The van der Waals surface area contributed by atoms with Crippen LogP contribution in [-0.2, 0) is 4.79 Å². The number of benzene rings is 2. The van der Waals surface area contributed by atoms with E-state index in [1.165, 1.54) is 6.20 Å². The number of hydrogen-bond acceptors (Lipinski definition) is 4. The van der Waals surface area contributed by atoms with Gasteiger partial charge in [0.15, 0.2) is 0 Å². The van der Waals surface area contributed by atoms with Crippen LogP contribution in [0, 0.1) is 6.92 Å². The highest BCUT2D eigenvalue weighted by molar-refractivity contribution is 6.33. The van der Waals surface area contributed by atoms with Gasteiger partial charge in [-0.2, -0.15) is 0 Å². The van der Waals surface area contributed by atoms with E-state index in [9.17, 15) is 9.59 Å². The molecule has 3 aromatic rings. The smallest absolute Gasteiger partial charge is 0.271 e. The molecule has 0 saturated carbocycles. The fraction of sp³-hybridized carbons (Fsp3) is 0.111. The minimum atomic E-state index is -0.469. The molecule has 0 bridgehead atoms. The molecule has 0 saturated heterocycles. The van der Waals surface area contributed by atoms with Crippen molar-refractivity contribution < 1.29 is 9.59 Å². The number of para-hydroxylation sites is 2. The van der Waals surface area contributed by atoms with Crippen LogP contribution in [0.2, 0.25) is 5.02 Å². The van der Waals surface area contributed by atoms with E-state index < -0.39 is 5.91 Å². The highest BCUT2D eigenvalue weighted by Crippen LogP contribution is 2.22. The first kappa shape index (κ1) is 16.9. The minimum absolute atomic E-state index is 0.153. The lowest BCUT2D eigenvalue weighted by molar-refractivity contribution is -0.115. The van der Waals surface area contributed by atoms with Crippen LogP contribution in [0.3, 0.4) is 0 Å². The molecule has 7 heteroatoms. The highest BCUT2D eigenvalue weighted by Gasteiger charge is 2.12. The number of anilines is 1. The second-order valence-electron chi connectivity index (χ2n) is 5.46. The van der Waals surface area contributed by atoms with Crippen molar-refractivity contribution in [2.75, 3.05) is 11.9 Å². The Hall–Kier alpha value is -2.99. The number of aromatic nitrogens is 2. The monoisotopic (exact) mass is 354 g/mol. The first-order valence-electron chi connectivity index (χ1n) is 7.59. The Bertz CT molecular complexity index is 959. The molecule has 0 unspecified atom stereocenters. The first-order valence-corrected chi connectivity index (χ1v) is 7.97. The van der Waals surface area contributed by atoms with Crippen molar-refractivity contribution in [2.24, 2.45) is 0 Å². The number of fused-ring (bicyclic) bond motifs is 1. The van der Waals surface area contributed by atoms with Gasteiger partial charge in [0.2, 0.25) is 5.91 Å². The lowest BCUT2D eigenvalue weighted by Crippen LogP contribution is -2.33. The fourth-order valence-electron chi connectivity index (χ4n) is 2.23. The molecule has 2 N–H and O–H groups in total. The van der Waals surface area contributed by atoms with Gasteiger partial charge >= 0.3 is 0 Å². The van der Waals surface area contributed by atoms with Crippen molar-refractivity contribution in [3.63, 3.8) is 0 Å². The maximum Gasteiger partial charge on any atom is 0.271 e. The van der Waals surface area contributed by atoms with Crippen molar-refractivity contribution in [2.45, 2.75) is 6.92 Å². The number of halogens is 1. The van der Waals surface area contributed by atoms with Crippen LogP contribution in [0.15, 0.2) is 48.7 Å². The summed E-state index contributed by atoms with van der Waals surface area (Å²) in [5.74, 6) is -0.851. The van der Waals surface area contributed by atoms with E-state index in [-0.39, 0.29) is 18.1 Å². The third-order valence-corrected chi connectivity index (χ3v) is 3.80. The Morgan fingerprint density at radius 3 is 2.64 bits per heavy atom. The lowest BCUT2D eigenvalue weighted by Gasteiger charge is -2.09. The number of amides is 2. The van der Waals surface area contributed by atoms with Crippen LogP contribution in [0.25, 0.3) is 11.0 Å². The predicted molar refractivity (Wildman–Crippen MR) is 96.7 cm³/mol. The van der Waals surface area contributed by atoms with Gasteiger partial charge in [0, 0.05) is 0 Å². The van der Waals surface area contributed by atoms with Gasteiger partial charge in [0.1, 0.15) is 5.69 Å². The van der Waals surface area contributed by atoms with Crippen molar-refractivity contribution in [3.8, 4) is 0 Å². The quantitative estimate of drug-likeness (QED) is 0.754. The predicted octanol–water partition coefficient (Wildman–Crippen LogP) is 2.96. The second kappa shape index (κ2) is 7.27. The largest absolute Gasteiger partial charge is 0.342 e. The molecule has 0 aliphatic heterocycles. The Morgan fingerprint density at radius 1 is 1.12 bits per heavy atom. The van der Waals surface area contributed by atoms with E-state index in [4.69, 9.17) is 11.6 Å². The van der Waals surface area contributed by atoms with Gasteiger partial charge < -0.3 is 10.6 Å². The number of nitrogens with one attached hydrogen (secondary N) is 2. The summed E-state index contributed by atoms with van der Waals surface area (Å²) in [4.78, 5) is 32.5. The molecule has 2 aromatic carbocycles. The van der Waals surface area contributed by atoms with Crippen molar-refractivity contribution in [1.29, 1.82) is 0 Å². The van der Waals surface area contributed by atoms with Gasteiger partial charge in [-0.05, 0) is 36.8 Å². The fourth-order valence-corrected chi connectivity index (χ4v) is 2.52. The van der Waals surface area contributed by atoms with E-state index in [1.807, 2.05) is 31.2 Å². The SMILES string of the molecule is Cc1ccc(NC(=O)CNC(=O)c2cnc3ccccc3n2)c(Cl)c1. The zero-order valence-corrected chi connectivity index (χ0v) is 14.2. The number of carbonyl (C=O) groups excluding carboxylic acids is 2. The minimum Gasteiger partial charge on any atom is -0.342 e. The molecule has 126 valence electrons. The summed E-state index contributed by atoms with van der Waals surface area (Å²) in [6, 6.07) is 12.5. The molecule has 0 radical (unpaired) electrons. The maximum atomic E-state index is 12.1. The van der Waals surface area contributed by atoms with Crippen LogP contribution in [0.4, 0.5) is 5.69 Å². The van der Waals surface area contributed by atoms with E-state index in [0.717, 1.165) is 5.56 Å². The Labute approximate surface area is 149 Å². The van der Waals surface area contributed by atoms with Crippen LogP contribution in [0.5, 0.6) is 0 Å². The third-order valence-electron chi connectivity index (χ3n) is 3.49. The summed E-state index contributed by atoms with van der Waals surface area (Å²) in [6.07, 6.45) is 1.38. The molecule has 6 nitrogen and oxygen atoms in total. The second-order valence-corrected chi connectivity index (χ2v) is 5.87. The maximum absolute atomic E-state index is 12.1. The molecule has 25 heavy (non-hydrogen) atoms. The van der Waals surface area contributed by atoms with Crippen LogP contribution < -0.4 is 10.6 Å². The summed E-state index contributed by atoms with van der Waals surface area (Å²) in [6.45, 7) is 1.71. The topological polar surface area (TPSA) is 84.0 Å². The number of aryl methyl sites for hydroxylation is 1. The van der Waals surface area contributed by atoms with Gasteiger partial charge in [-0.3, -0.25) is 14.6 Å². The van der Waals surface area contributed by atoms with Crippen LogP contribution in [0.1, 0.15) is 16.1 Å². The molecular formula is C18H15ClN4O2. The number of hydrogen-bond donors (Lipinski definition) is 2. The molecule has 2 amide bonds. The summed E-state index contributed by atoms with van der Waals surface area (Å²) >= 11 is 6.07. The van der Waals surface area contributed by atoms with Crippen molar-refractivity contribution >= 4 is 40.1 Å². The van der Waals surface area contributed by atoms with E-state index in [0.29, 0.717) is 21.7 Å². The van der Waals surface area contributed by atoms with E-state index >= 15 is 0 Å². The van der Waals surface area contributed by atoms with Gasteiger partial charge in [-0.15, -0.1) is 0 Å². The van der Waals surface area contributed by atoms with Crippen molar-refractivity contribution in [3.05, 3.63) is 64.9 Å². The normalized spacial score (nSPS) is 10.5. The molecule has 0 atom stereocenters. The Balaban J connectivity index is 1.61. The molecule has 0 spiro atoms. The van der Waals surface area contributed by atoms with E-state index in [2.05, 4.69) is 20.6 Å². The Kier molecular flexibility index (Phi) is 4.90. The molecule has 1 aromatic heterocycles. The number of carbonyl (C=O) groups is 2. The summed E-state index contributed by atoms with van der Waals surface area (Å²) in [7, 11) is 0. The van der Waals surface area contributed by atoms with E-state index in [1.54, 1.807) is 18.2 Å². The third kappa shape index (κ3) is 4.10. The lowest BCUT2D eigenvalue weighted by atomic mass is 10.2. The summed E-state index contributed by atoms with van der Waals surface area (Å²) < 4.78 is 0. The molecule has 0 aliphatic carbocycles. The van der Waals surface area contributed by atoms with Gasteiger partial charge in [0.05, 0.1) is 34.5 Å². The van der Waals surface area contributed by atoms with Gasteiger partial charge in [-0.1, -0.05) is 29.8 Å². The summed E-state index contributed by atoms with van der Waals surface area (Å²) in [5.41, 5.74) is 2.96. The molecule has 0 aliphatic rings. The van der Waals surface area contributed by atoms with Gasteiger partial charge in [0.25, 0.3) is 5.91 Å². The standard InChI is InChI=1S/C18H15ClN4O2/c1-11-6-7-13(12(19)8-11)23-17(24)10-21-18(25)16-9-20-14-4-2-3-5-15(14)22-16/h2-9H,10H2,1H3,(H,21,25)(H,23,24). The van der Waals surface area contributed by atoms with Crippen LogP contribution in [-0.4, -0.2) is 28.3 Å². The molecule has 3 rings (SSSR count). The summed E-state index contributed by atoms with van der Waals surface area (Å²) in [5, 5.41) is 5.61.